The number of piperidine rings is 1. The van der Waals surface area contributed by atoms with Gasteiger partial charge >= 0.3 is 0 Å². The summed E-state index contributed by atoms with van der Waals surface area (Å²) in [5.41, 5.74) is 0. The van der Waals surface area contributed by atoms with Crippen LogP contribution in [0.1, 0.15) is 68.9 Å². The lowest BCUT2D eigenvalue weighted by Gasteiger charge is -2.37. The van der Waals surface area contributed by atoms with Crippen LogP contribution in [0.2, 0.25) is 0 Å². The minimum absolute atomic E-state index is 0.515. The van der Waals surface area contributed by atoms with Crippen molar-refractivity contribution < 1.29 is 0 Å². The van der Waals surface area contributed by atoms with E-state index in [0.717, 1.165) is 24.2 Å². The lowest BCUT2D eigenvalue weighted by Crippen LogP contribution is -2.42. The lowest BCUT2D eigenvalue weighted by molar-refractivity contribution is 0.132. The van der Waals surface area contributed by atoms with Crippen molar-refractivity contribution in [2.24, 2.45) is 7.05 Å². The van der Waals surface area contributed by atoms with Crippen molar-refractivity contribution in [3.8, 4) is 0 Å². The minimum atomic E-state index is 0.515. The largest absolute Gasteiger partial charge is 0.316 e. The standard InChI is InChI=1S/C19H30N6/c1-23-18(15-25-13-7-11-20-25)21-22-19(23)16-8-6-12-24(14-16)17-9-4-2-3-5-10-17/h7,11,13,16-17H,2-6,8-10,12,14-15H2,1H3/t16-/m0/s1. The molecule has 0 aromatic carbocycles. The summed E-state index contributed by atoms with van der Waals surface area (Å²) in [5, 5.41) is 13.3. The average molecular weight is 342 g/mol. The van der Waals surface area contributed by atoms with Crippen molar-refractivity contribution in [2.45, 2.75) is 69.9 Å². The third-order valence-electron chi connectivity index (χ3n) is 6.02. The van der Waals surface area contributed by atoms with Gasteiger partial charge < -0.3 is 4.57 Å². The number of aromatic nitrogens is 5. The first-order valence-electron chi connectivity index (χ1n) is 9.91. The smallest absolute Gasteiger partial charge is 0.154 e. The highest BCUT2D eigenvalue weighted by Crippen LogP contribution is 2.30. The Hall–Kier alpha value is -1.69. The SMILES string of the molecule is Cn1c(Cn2cccn2)nnc1[C@H]1CCCN(C2CCCCCC2)C1. The topological polar surface area (TPSA) is 51.8 Å². The van der Waals surface area contributed by atoms with Crippen LogP contribution in [-0.2, 0) is 13.6 Å². The van der Waals surface area contributed by atoms with Crippen molar-refractivity contribution in [3.05, 3.63) is 30.1 Å². The Labute approximate surface area is 150 Å². The average Bonchev–Trinajstić information content (AvgIpc) is 3.18. The third kappa shape index (κ3) is 3.78. The molecule has 4 rings (SSSR count). The molecule has 1 saturated heterocycles. The lowest BCUT2D eigenvalue weighted by atomic mass is 9.94. The highest BCUT2D eigenvalue weighted by molar-refractivity contribution is 5.05. The van der Waals surface area contributed by atoms with Gasteiger partial charge in [0.05, 0.1) is 0 Å². The van der Waals surface area contributed by atoms with Crippen LogP contribution in [0, 0.1) is 0 Å². The highest BCUT2D eigenvalue weighted by Gasteiger charge is 2.29. The quantitative estimate of drug-likeness (QED) is 0.802. The minimum Gasteiger partial charge on any atom is -0.316 e. The van der Waals surface area contributed by atoms with Gasteiger partial charge in [-0.25, -0.2) is 0 Å². The second kappa shape index (κ2) is 7.68. The summed E-state index contributed by atoms with van der Waals surface area (Å²) in [6, 6.07) is 2.74. The summed E-state index contributed by atoms with van der Waals surface area (Å²) in [5.74, 6) is 2.66. The Morgan fingerprint density at radius 2 is 1.88 bits per heavy atom. The molecule has 3 heterocycles. The predicted octanol–water partition coefficient (Wildman–Crippen LogP) is 2.96. The maximum Gasteiger partial charge on any atom is 0.154 e. The van der Waals surface area contributed by atoms with Gasteiger partial charge in [0, 0.05) is 37.9 Å². The van der Waals surface area contributed by atoms with Gasteiger partial charge in [-0.1, -0.05) is 25.7 Å². The van der Waals surface area contributed by atoms with Crippen LogP contribution in [0.15, 0.2) is 18.5 Å². The molecular weight excluding hydrogens is 312 g/mol. The maximum atomic E-state index is 4.56. The van der Waals surface area contributed by atoms with E-state index >= 15 is 0 Å². The summed E-state index contributed by atoms with van der Waals surface area (Å²) in [4.78, 5) is 2.75. The van der Waals surface area contributed by atoms with Crippen molar-refractivity contribution in [1.29, 1.82) is 0 Å². The summed E-state index contributed by atoms with van der Waals surface area (Å²) in [6.45, 7) is 3.10. The van der Waals surface area contributed by atoms with E-state index < -0.39 is 0 Å². The number of likely N-dealkylation sites (tertiary alicyclic amines) is 1. The molecule has 6 nitrogen and oxygen atoms in total. The molecule has 0 unspecified atom stereocenters. The van der Waals surface area contributed by atoms with E-state index in [1.165, 1.54) is 57.9 Å². The molecule has 1 aliphatic carbocycles. The number of rotatable bonds is 4. The third-order valence-corrected chi connectivity index (χ3v) is 6.02. The van der Waals surface area contributed by atoms with Crippen molar-refractivity contribution in [2.75, 3.05) is 13.1 Å². The van der Waals surface area contributed by atoms with Gasteiger partial charge in [-0.15, -0.1) is 10.2 Å². The van der Waals surface area contributed by atoms with Crippen LogP contribution in [0.25, 0.3) is 0 Å². The first-order chi connectivity index (χ1) is 12.3. The molecule has 6 heteroatoms. The monoisotopic (exact) mass is 342 g/mol. The summed E-state index contributed by atoms with van der Waals surface area (Å²) >= 11 is 0. The zero-order valence-electron chi connectivity index (χ0n) is 15.3. The number of hydrogen-bond acceptors (Lipinski definition) is 4. The molecule has 2 aliphatic rings. The van der Waals surface area contributed by atoms with Gasteiger partial charge in [0.2, 0.25) is 0 Å². The summed E-state index contributed by atoms with van der Waals surface area (Å²) in [7, 11) is 2.11. The van der Waals surface area contributed by atoms with E-state index in [2.05, 4.69) is 31.8 Å². The molecule has 0 spiro atoms. The van der Waals surface area contributed by atoms with E-state index in [-0.39, 0.29) is 0 Å². The summed E-state index contributed by atoms with van der Waals surface area (Å²) in [6.07, 6.45) is 14.7. The van der Waals surface area contributed by atoms with Crippen LogP contribution in [-0.4, -0.2) is 48.6 Å². The van der Waals surface area contributed by atoms with Gasteiger partial charge in [0.25, 0.3) is 0 Å². The molecule has 0 bridgehead atoms. The van der Waals surface area contributed by atoms with E-state index in [1.807, 2.05) is 23.1 Å². The van der Waals surface area contributed by atoms with E-state index in [0.29, 0.717) is 12.5 Å². The van der Waals surface area contributed by atoms with Crippen LogP contribution in [0.5, 0.6) is 0 Å². The van der Waals surface area contributed by atoms with Crippen molar-refractivity contribution >= 4 is 0 Å². The molecule has 1 aliphatic heterocycles. The first-order valence-corrected chi connectivity index (χ1v) is 9.91. The molecule has 1 saturated carbocycles. The molecule has 2 aromatic heterocycles. The fourth-order valence-corrected chi connectivity index (χ4v) is 4.58. The van der Waals surface area contributed by atoms with Gasteiger partial charge in [0.1, 0.15) is 12.4 Å². The van der Waals surface area contributed by atoms with Crippen LogP contribution in [0.3, 0.4) is 0 Å². The molecule has 0 amide bonds. The molecule has 136 valence electrons. The molecular formula is C19H30N6. The summed E-state index contributed by atoms with van der Waals surface area (Å²) < 4.78 is 4.11. The molecule has 0 N–H and O–H groups in total. The molecule has 0 radical (unpaired) electrons. The van der Waals surface area contributed by atoms with Gasteiger partial charge in [0.15, 0.2) is 5.82 Å². The second-order valence-corrected chi connectivity index (χ2v) is 7.72. The normalized spacial score (nSPS) is 23.6. The molecule has 2 aromatic rings. The number of nitrogens with zero attached hydrogens (tertiary/aromatic N) is 6. The van der Waals surface area contributed by atoms with E-state index in [9.17, 15) is 0 Å². The highest BCUT2D eigenvalue weighted by atomic mass is 15.3. The fourth-order valence-electron chi connectivity index (χ4n) is 4.58. The zero-order valence-corrected chi connectivity index (χ0v) is 15.3. The van der Waals surface area contributed by atoms with Crippen LogP contribution >= 0.6 is 0 Å². The Bertz CT molecular complexity index is 654. The van der Waals surface area contributed by atoms with E-state index in [4.69, 9.17) is 0 Å². The molecule has 2 fully saturated rings. The molecule has 25 heavy (non-hydrogen) atoms. The maximum absolute atomic E-state index is 4.56. The van der Waals surface area contributed by atoms with Crippen LogP contribution < -0.4 is 0 Å². The number of hydrogen-bond donors (Lipinski definition) is 0. The van der Waals surface area contributed by atoms with Gasteiger partial charge in [-0.2, -0.15) is 5.10 Å². The zero-order chi connectivity index (χ0) is 17.1. The fraction of sp³-hybridized carbons (Fsp3) is 0.737. The Balaban J connectivity index is 1.45. The molecule has 1 atom stereocenters. The van der Waals surface area contributed by atoms with Crippen LogP contribution in [0.4, 0.5) is 0 Å². The van der Waals surface area contributed by atoms with E-state index in [1.54, 1.807) is 0 Å². The Kier molecular flexibility index (Phi) is 5.15. The predicted molar refractivity (Wildman–Crippen MR) is 97.4 cm³/mol. The first kappa shape index (κ1) is 16.8. The second-order valence-electron chi connectivity index (χ2n) is 7.72. The van der Waals surface area contributed by atoms with Crippen molar-refractivity contribution in [3.63, 3.8) is 0 Å². The van der Waals surface area contributed by atoms with Crippen molar-refractivity contribution in [1.82, 2.24) is 29.4 Å². The Morgan fingerprint density at radius 3 is 2.64 bits per heavy atom. The Morgan fingerprint density at radius 1 is 1.04 bits per heavy atom. The van der Waals surface area contributed by atoms with Gasteiger partial charge in [-0.05, 0) is 38.3 Å². The van der Waals surface area contributed by atoms with Gasteiger partial charge in [-0.3, -0.25) is 9.58 Å².